The van der Waals surface area contributed by atoms with Gasteiger partial charge in [0.25, 0.3) is 0 Å². The van der Waals surface area contributed by atoms with Crippen LogP contribution >= 0.6 is 0 Å². The molecule has 0 aromatic heterocycles. The average molecular weight is 748 g/mol. The van der Waals surface area contributed by atoms with E-state index in [1.165, 1.54) is 135 Å². The minimum Gasteiger partial charge on any atom is -0.466 e. The van der Waals surface area contributed by atoms with E-state index >= 15 is 0 Å². The molecule has 0 spiro atoms. The highest BCUT2D eigenvalue weighted by Gasteiger charge is 2.19. The number of hydrogen-bond donors (Lipinski definition) is 3. The van der Waals surface area contributed by atoms with Gasteiger partial charge in [-0.25, -0.2) is 0 Å². The largest absolute Gasteiger partial charge is 0.466 e. The minimum atomic E-state index is -0.692. The number of unbranched alkanes of at least 4 members (excludes halogenated alkanes) is 27. The van der Waals surface area contributed by atoms with Crippen molar-refractivity contribution in [2.45, 2.75) is 251 Å². The normalized spacial score (nSPS) is 12.9. The number of aliphatic hydroxyl groups excluding tert-OH is 2. The van der Waals surface area contributed by atoms with Crippen molar-refractivity contribution in [1.82, 2.24) is 5.32 Å². The van der Waals surface area contributed by atoms with Crippen molar-refractivity contribution in [2.75, 3.05) is 13.2 Å². The highest BCUT2D eigenvalue weighted by atomic mass is 16.5. The molecule has 0 saturated carbocycles. The Balaban J connectivity index is 3.51. The second-order valence-electron chi connectivity index (χ2n) is 15.7. The van der Waals surface area contributed by atoms with Crippen LogP contribution in [-0.2, 0) is 14.3 Å². The smallest absolute Gasteiger partial charge is 0.305 e. The van der Waals surface area contributed by atoms with Gasteiger partial charge in [0.1, 0.15) is 0 Å². The van der Waals surface area contributed by atoms with Crippen LogP contribution in [0.15, 0.2) is 24.3 Å². The van der Waals surface area contributed by atoms with Crippen molar-refractivity contribution in [1.29, 1.82) is 0 Å². The van der Waals surface area contributed by atoms with Gasteiger partial charge in [0.15, 0.2) is 0 Å². The van der Waals surface area contributed by atoms with Gasteiger partial charge >= 0.3 is 5.97 Å². The van der Waals surface area contributed by atoms with Crippen LogP contribution in [0.2, 0.25) is 0 Å². The maximum Gasteiger partial charge on any atom is 0.305 e. The fraction of sp³-hybridized carbons (Fsp3) is 0.872. The summed E-state index contributed by atoms with van der Waals surface area (Å²) in [5.41, 5.74) is 0. The lowest BCUT2D eigenvalue weighted by Crippen LogP contribution is -2.45. The molecule has 1 amide bonds. The van der Waals surface area contributed by atoms with Crippen LogP contribution in [0.25, 0.3) is 0 Å². The average Bonchev–Trinajstić information content (AvgIpc) is 3.16. The van der Waals surface area contributed by atoms with Gasteiger partial charge in [-0.3, -0.25) is 9.59 Å². The van der Waals surface area contributed by atoms with Gasteiger partial charge < -0.3 is 20.3 Å². The number of esters is 1. The van der Waals surface area contributed by atoms with Gasteiger partial charge in [-0.15, -0.1) is 0 Å². The summed E-state index contributed by atoms with van der Waals surface area (Å²) in [7, 11) is 0. The first kappa shape index (κ1) is 51.3. The van der Waals surface area contributed by atoms with Gasteiger partial charge in [0.2, 0.25) is 5.91 Å². The SMILES string of the molecule is CCCCCCCCC/C=C\CCCCCCCCCC(=O)OCCCCCC/C=C\CCCC(=O)NC(CO)C(O)CCCCCCCCCCC. The van der Waals surface area contributed by atoms with Gasteiger partial charge in [0.05, 0.1) is 25.4 Å². The molecule has 0 aliphatic rings. The van der Waals surface area contributed by atoms with Crippen LogP contribution in [0.1, 0.15) is 239 Å². The Morgan fingerprint density at radius 2 is 0.906 bits per heavy atom. The lowest BCUT2D eigenvalue weighted by Gasteiger charge is -2.22. The maximum absolute atomic E-state index is 12.3. The summed E-state index contributed by atoms with van der Waals surface area (Å²) in [6.45, 7) is 4.82. The Hall–Kier alpha value is -1.66. The van der Waals surface area contributed by atoms with E-state index in [0.717, 1.165) is 70.6 Å². The van der Waals surface area contributed by atoms with Crippen molar-refractivity contribution in [3.05, 3.63) is 24.3 Å². The van der Waals surface area contributed by atoms with Gasteiger partial charge in [0, 0.05) is 12.8 Å². The zero-order valence-corrected chi connectivity index (χ0v) is 35.2. The summed E-state index contributed by atoms with van der Waals surface area (Å²) in [5, 5.41) is 23.0. The first-order chi connectivity index (χ1) is 26.0. The summed E-state index contributed by atoms with van der Waals surface area (Å²) in [5.74, 6) is -0.139. The lowest BCUT2D eigenvalue weighted by molar-refractivity contribution is -0.143. The molecule has 0 aromatic carbocycles. The van der Waals surface area contributed by atoms with Crippen molar-refractivity contribution in [3.63, 3.8) is 0 Å². The summed E-state index contributed by atoms with van der Waals surface area (Å²) >= 11 is 0. The van der Waals surface area contributed by atoms with Crippen molar-refractivity contribution in [3.8, 4) is 0 Å². The van der Waals surface area contributed by atoms with Crippen LogP contribution in [0, 0.1) is 0 Å². The van der Waals surface area contributed by atoms with E-state index in [4.69, 9.17) is 4.74 Å². The zero-order chi connectivity index (χ0) is 38.7. The van der Waals surface area contributed by atoms with Crippen LogP contribution < -0.4 is 5.32 Å². The van der Waals surface area contributed by atoms with Crippen LogP contribution in [0.4, 0.5) is 0 Å². The number of rotatable bonds is 42. The standard InChI is InChI=1S/C47H89NO5/c1-3-5-7-9-11-13-14-15-16-17-18-19-20-21-25-29-33-37-41-47(52)53-42-38-34-30-26-22-24-28-32-36-40-46(51)48-44(43-49)45(50)39-35-31-27-23-12-10-8-6-4-2/h16-17,24,28,44-45,49-50H,3-15,18-23,25-27,29-43H2,1-2H3,(H,48,51)/b17-16-,28-24-. The third kappa shape index (κ3) is 39.8. The van der Waals surface area contributed by atoms with E-state index in [1.54, 1.807) is 0 Å². The molecule has 0 aliphatic heterocycles. The number of carbonyl (C=O) groups is 2. The van der Waals surface area contributed by atoms with E-state index in [0.29, 0.717) is 25.9 Å². The van der Waals surface area contributed by atoms with E-state index in [1.807, 2.05) is 0 Å². The zero-order valence-electron chi connectivity index (χ0n) is 35.2. The number of aliphatic hydroxyl groups is 2. The monoisotopic (exact) mass is 748 g/mol. The van der Waals surface area contributed by atoms with Gasteiger partial charge in [-0.2, -0.15) is 0 Å². The highest BCUT2D eigenvalue weighted by molar-refractivity contribution is 5.76. The third-order valence-electron chi connectivity index (χ3n) is 10.5. The molecule has 0 aromatic rings. The molecular weight excluding hydrogens is 659 g/mol. The van der Waals surface area contributed by atoms with Crippen molar-refractivity contribution < 1.29 is 24.5 Å². The molecule has 312 valence electrons. The quantitative estimate of drug-likeness (QED) is 0.0328. The number of hydrogen-bond acceptors (Lipinski definition) is 5. The number of ether oxygens (including phenoxy) is 1. The Morgan fingerprint density at radius 3 is 1.38 bits per heavy atom. The van der Waals surface area contributed by atoms with Gasteiger partial charge in [-0.1, -0.05) is 179 Å². The van der Waals surface area contributed by atoms with Crippen LogP contribution in [0.3, 0.4) is 0 Å². The molecule has 0 bridgehead atoms. The molecule has 53 heavy (non-hydrogen) atoms. The van der Waals surface area contributed by atoms with Gasteiger partial charge in [-0.05, 0) is 70.6 Å². The van der Waals surface area contributed by atoms with Crippen LogP contribution in [0.5, 0.6) is 0 Å². The molecule has 0 radical (unpaired) electrons. The third-order valence-corrected chi connectivity index (χ3v) is 10.5. The molecule has 0 saturated heterocycles. The molecule has 0 heterocycles. The number of allylic oxidation sites excluding steroid dienone is 4. The second kappa shape index (κ2) is 43.1. The molecule has 6 nitrogen and oxygen atoms in total. The number of nitrogens with one attached hydrogen (secondary N) is 1. The molecule has 2 unspecified atom stereocenters. The lowest BCUT2D eigenvalue weighted by atomic mass is 10.0. The summed E-state index contributed by atoms with van der Waals surface area (Å²) in [6.07, 6.45) is 48.6. The van der Waals surface area contributed by atoms with E-state index < -0.39 is 12.1 Å². The Bertz CT molecular complexity index is 828. The Kier molecular flexibility index (Phi) is 41.7. The highest BCUT2D eigenvalue weighted by Crippen LogP contribution is 2.14. The maximum atomic E-state index is 12.3. The fourth-order valence-electron chi connectivity index (χ4n) is 6.87. The minimum absolute atomic E-state index is 0.0398. The predicted octanol–water partition coefficient (Wildman–Crippen LogP) is 13.2. The summed E-state index contributed by atoms with van der Waals surface area (Å²) in [4.78, 5) is 24.4. The topological polar surface area (TPSA) is 95.9 Å². The summed E-state index contributed by atoms with van der Waals surface area (Å²) in [6, 6.07) is -0.576. The molecule has 0 aliphatic carbocycles. The fourth-order valence-corrected chi connectivity index (χ4v) is 6.87. The number of carbonyl (C=O) groups excluding carboxylic acids is 2. The molecule has 3 N–H and O–H groups in total. The van der Waals surface area contributed by atoms with E-state index in [-0.39, 0.29) is 18.5 Å². The van der Waals surface area contributed by atoms with Crippen LogP contribution in [-0.4, -0.2) is 47.4 Å². The first-order valence-corrected chi connectivity index (χ1v) is 23.1. The van der Waals surface area contributed by atoms with Crippen molar-refractivity contribution >= 4 is 11.9 Å². The number of amides is 1. The molecular formula is C47H89NO5. The molecule has 6 heteroatoms. The molecule has 2 atom stereocenters. The second-order valence-corrected chi connectivity index (χ2v) is 15.7. The Morgan fingerprint density at radius 1 is 0.509 bits per heavy atom. The van der Waals surface area contributed by atoms with E-state index in [9.17, 15) is 19.8 Å². The Labute approximate surface area is 329 Å². The van der Waals surface area contributed by atoms with Crippen molar-refractivity contribution in [2.24, 2.45) is 0 Å². The van der Waals surface area contributed by atoms with E-state index in [2.05, 4.69) is 43.5 Å². The molecule has 0 fully saturated rings. The predicted molar refractivity (Wildman–Crippen MR) is 227 cm³/mol. The summed E-state index contributed by atoms with van der Waals surface area (Å²) < 4.78 is 5.43. The first-order valence-electron chi connectivity index (χ1n) is 23.1. The molecule has 0 rings (SSSR count).